The first-order valence-corrected chi connectivity index (χ1v) is 19.9. The molecule has 0 radical (unpaired) electrons. The second-order valence-electron chi connectivity index (χ2n) is 14.1. The van der Waals surface area contributed by atoms with E-state index in [-0.39, 0.29) is 16.7 Å². The Kier molecular flexibility index (Phi) is 11.4. The molecule has 9 nitrogen and oxygen atoms in total. The van der Waals surface area contributed by atoms with E-state index in [0.29, 0.717) is 43.1 Å². The van der Waals surface area contributed by atoms with Gasteiger partial charge in [-0.1, -0.05) is 75.1 Å². The molecule has 256 valence electrons. The van der Waals surface area contributed by atoms with Gasteiger partial charge in [0.15, 0.2) is 17.6 Å². The number of anilines is 1. The van der Waals surface area contributed by atoms with Crippen LogP contribution >= 0.6 is 0 Å². The van der Waals surface area contributed by atoms with Gasteiger partial charge in [0, 0.05) is 29.9 Å². The fourth-order valence-electron chi connectivity index (χ4n) is 5.49. The Morgan fingerprint density at radius 2 is 1.73 bits per heavy atom. The Labute approximate surface area is 289 Å². The molecule has 0 saturated carbocycles. The number of aromatic nitrogens is 2. The molecule has 5 rings (SSSR count). The number of nitrogens with zero attached hydrogens (tertiary/aromatic N) is 5. The van der Waals surface area contributed by atoms with Crippen LogP contribution in [0.2, 0.25) is 18.1 Å². The van der Waals surface area contributed by atoms with Crippen LogP contribution in [0.15, 0.2) is 84.1 Å². The number of rotatable bonds is 15. The summed E-state index contributed by atoms with van der Waals surface area (Å²) in [5, 5.41) is 7.02. The molecule has 1 aromatic heterocycles. The highest BCUT2D eigenvalue weighted by Gasteiger charge is 2.41. The molecular formula is C38H46FN6O3Si+. The van der Waals surface area contributed by atoms with Crippen molar-refractivity contribution in [3.05, 3.63) is 112 Å². The molecule has 3 aromatic carbocycles. The summed E-state index contributed by atoms with van der Waals surface area (Å²) in [7, 11) is -1.99. The van der Waals surface area contributed by atoms with Crippen LogP contribution in [0, 0.1) is 5.82 Å². The van der Waals surface area contributed by atoms with Gasteiger partial charge in [0.25, 0.3) is 0 Å². The minimum Gasteiger partial charge on any atom is -0.544 e. The molecule has 11 heteroatoms. The molecule has 1 N–H and O–H groups in total. The van der Waals surface area contributed by atoms with Gasteiger partial charge >= 0.3 is 11.7 Å². The Morgan fingerprint density at radius 1 is 1.00 bits per heavy atom. The van der Waals surface area contributed by atoms with Gasteiger partial charge in [-0.05, 0) is 84.0 Å². The van der Waals surface area contributed by atoms with E-state index in [1.807, 2.05) is 60.7 Å². The maximum Gasteiger partial charge on any atom is 0.359 e. The van der Waals surface area contributed by atoms with E-state index in [9.17, 15) is 4.79 Å². The lowest BCUT2D eigenvalue weighted by Crippen LogP contribution is -2.44. The Bertz CT molecular complexity index is 1810. The molecule has 1 unspecified atom stereocenters. The molecule has 1 aliphatic rings. The summed E-state index contributed by atoms with van der Waals surface area (Å²) in [6.07, 6.45) is 6.08. The van der Waals surface area contributed by atoms with Gasteiger partial charge < -0.3 is 9.16 Å². The van der Waals surface area contributed by atoms with E-state index in [2.05, 4.69) is 49.2 Å². The third-order valence-electron chi connectivity index (χ3n) is 9.32. The summed E-state index contributed by atoms with van der Waals surface area (Å²) >= 11 is 0. The zero-order chi connectivity index (χ0) is 35.0. The fraction of sp³-hybridized carbons (Fsp3) is 0.395. The topological polar surface area (TPSA) is 113 Å². The molecular weight excluding hydrogens is 636 g/mol. The normalized spacial score (nSPS) is 14.2. The van der Waals surface area contributed by atoms with Crippen LogP contribution in [-0.4, -0.2) is 38.4 Å². The van der Waals surface area contributed by atoms with E-state index < -0.39 is 20.2 Å². The summed E-state index contributed by atoms with van der Waals surface area (Å²) in [6.45, 7) is 12.0. The summed E-state index contributed by atoms with van der Waals surface area (Å²) in [4.78, 5) is 21.7. The van der Waals surface area contributed by atoms with Crippen molar-refractivity contribution >= 4 is 20.0 Å². The van der Waals surface area contributed by atoms with Crippen LogP contribution in [0.4, 0.5) is 10.2 Å². The summed E-state index contributed by atoms with van der Waals surface area (Å²) in [5.74, 6) is 1.11. The number of fused-ring (bicyclic) bond motifs is 1. The van der Waals surface area contributed by atoms with E-state index in [4.69, 9.17) is 19.7 Å². The van der Waals surface area contributed by atoms with Crippen molar-refractivity contribution < 1.29 is 22.9 Å². The lowest BCUT2D eigenvalue weighted by molar-refractivity contribution is -0.552. The first-order valence-electron chi connectivity index (χ1n) is 17.0. The Morgan fingerprint density at radius 3 is 2.43 bits per heavy atom. The predicted octanol–water partition coefficient (Wildman–Crippen LogP) is 9.08. The van der Waals surface area contributed by atoms with Crippen LogP contribution in [0.3, 0.4) is 0 Å². The average Bonchev–Trinajstić information content (AvgIpc) is 3.38. The van der Waals surface area contributed by atoms with Crippen molar-refractivity contribution in [2.75, 3.05) is 18.5 Å². The van der Waals surface area contributed by atoms with Crippen molar-refractivity contribution in [1.29, 1.82) is 0 Å². The third-order valence-corrected chi connectivity index (χ3v) is 13.7. The number of azide groups is 1. The molecule has 0 fully saturated rings. The lowest BCUT2D eigenvalue weighted by atomic mass is 10.1. The number of unbranched alkanes of at least 4 members (excludes halogenated alkanes) is 3. The van der Waals surface area contributed by atoms with Gasteiger partial charge in [-0.25, -0.2) is 14.2 Å². The number of nitrogens with one attached hydrogen (secondary N) is 1. The quantitative estimate of drug-likeness (QED) is 0.0336. The summed E-state index contributed by atoms with van der Waals surface area (Å²) < 4.78 is 28.8. The van der Waals surface area contributed by atoms with Gasteiger partial charge in [-0.3, -0.25) is 5.32 Å². The number of ether oxygens (including phenoxy) is 1. The van der Waals surface area contributed by atoms with E-state index in [1.54, 1.807) is 16.8 Å². The highest BCUT2D eigenvalue weighted by atomic mass is 28.4. The maximum atomic E-state index is 15.0. The highest BCUT2D eigenvalue weighted by Crippen LogP contribution is 2.37. The molecule has 0 bridgehead atoms. The minimum absolute atomic E-state index is 0.0818. The van der Waals surface area contributed by atoms with Crippen molar-refractivity contribution in [3.8, 4) is 22.8 Å². The number of carbonyl (C=O) groups excluding carboxylic acids is 1. The monoisotopic (exact) mass is 681 g/mol. The smallest absolute Gasteiger partial charge is 0.359 e. The Hall–Kier alpha value is -4.73. The highest BCUT2D eigenvalue weighted by molar-refractivity contribution is 6.74. The number of carbonyl (C=O) groups is 1. The van der Waals surface area contributed by atoms with Crippen LogP contribution in [0.25, 0.3) is 21.7 Å². The molecule has 0 saturated heterocycles. The van der Waals surface area contributed by atoms with Crippen LogP contribution in [0.1, 0.15) is 68.1 Å². The van der Waals surface area contributed by atoms with Crippen molar-refractivity contribution in [1.82, 2.24) is 4.98 Å². The number of benzene rings is 3. The molecule has 49 heavy (non-hydrogen) atoms. The van der Waals surface area contributed by atoms with Gasteiger partial charge in [0.05, 0.1) is 6.61 Å². The second kappa shape index (κ2) is 15.7. The second-order valence-corrected chi connectivity index (χ2v) is 18.8. The van der Waals surface area contributed by atoms with E-state index in [1.165, 1.54) is 6.07 Å². The largest absolute Gasteiger partial charge is 0.544 e. The average molecular weight is 682 g/mol. The van der Waals surface area contributed by atoms with E-state index in [0.717, 1.165) is 48.3 Å². The number of hydrogen-bond acceptors (Lipinski definition) is 6. The van der Waals surface area contributed by atoms with Crippen molar-refractivity contribution in [2.24, 2.45) is 5.11 Å². The predicted molar refractivity (Wildman–Crippen MR) is 193 cm³/mol. The zero-order valence-electron chi connectivity index (χ0n) is 29.1. The molecule has 1 atom stereocenters. The van der Waals surface area contributed by atoms with Crippen LogP contribution in [-0.2, 0) is 12.8 Å². The first kappa shape index (κ1) is 35.6. The Balaban J connectivity index is 1.31. The molecule has 0 amide bonds. The fourth-order valence-corrected chi connectivity index (χ4v) is 6.53. The van der Waals surface area contributed by atoms with E-state index >= 15 is 4.39 Å². The molecule has 0 aliphatic carbocycles. The van der Waals surface area contributed by atoms with Gasteiger partial charge in [-0.15, -0.1) is 0 Å². The lowest BCUT2D eigenvalue weighted by Gasteiger charge is -2.36. The van der Waals surface area contributed by atoms with Gasteiger partial charge in [0.2, 0.25) is 8.32 Å². The zero-order valence-corrected chi connectivity index (χ0v) is 30.1. The molecule has 2 heterocycles. The summed E-state index contributed by atoms with van der Waals surface area (Å²) in [5.41, 5.74) is 12.4. The van der Waals surface area contributed by atoms with Gasteiger partial charge in [-0.2, -0.15) is 4.57 Å². The van der Waals surface area contributed by atoms with Crippen molar-refractivity contribution in [3.63, 3.8) is 0 Å². The standard InChI is InChI=1S/C38H45FN6O3Si/c1-38(2,3)49(4,5)48-30-18-16-29(17-19-30)34-26-45-36(32(42-34)24-27-13-9-8-10-14-27)43-33(37(45)46)25-28-15-20-35(31(39)23-28)47-22-12-7-6-11-21-41-44-40/h8-10,13-20,23,26,33H,6-7,11-12,21-22,24-25H2,1-5H3/p+1. The summed E-state index contributed by atoms with van der Waals surface area (Å²) in [6, 6.07) is 22.3. The van der Waals surface area contributed by atoms with Crippen LogP contribution in [0.5, 0.6) is 11.5 Å². The molecule has 4 aromatic rings. The van der Waals surface area contributed by atoms with Gasteiger partial charge in [0.1, 0.15) is 23.3 Å². The molecule has 0 spiro atoms. The number of halogens is 1. The first-order chi connectivity index (χ1) is 23.4. The maximum absolute atomic E-state index is 15.0. The third kappa shape index (κ3) is 9.04. The van der Waals surface area contributed by atoms with Crippen LogP contribution < -0.4 is 19.0 Å². The minimum atomic E-state index is -1.99. The van der Waals surface area contributed by atoms with Crippen molar-refractivity contribution in [2.45, 2.75) is 83.5 Å². The molecule has 1 aliphatic heterocycles. The SMILES string of the molecule is CC(C)(C)[Si](C)(C)Oc1ccc(-c2c[n+]3c(c(Cc4ccccc4)n2)NC(Cc2ccc(OCCCCCCN=[N+]=[N-])c(F)c2)C3=O)cc1. The number of hydrogen-bond donors (Lipinski definition) is 1.